The highest BCUT2D eigenvalue weighted by Gasteiger charge is 2.25. The lowest BCUT2D eigenvalue weighted by atomic mass is 10.4. The molecule has 2 rings (SSSR count). The van der Waals surface area contributed by atoms with E-state index >= 15 is 0 Å². The minimum Gasteiger partial charge on any atom is -0.265 e. The van der Waals surface area contributed by atoms with Crippen LogP contribution >= 0.6 is 0 Å². The van der Waals surface area contributed by atoms with Gasteiger partial charge in [-0.15, -0.1) is 4.28 Å². The summed E-state index contributed by atoms with van der Waals surface area (Å²) in [6.07, 6.45) is 2.63. The molecular weight excluding hydrogens is 246 g/mol. The van der Waals surface area contributed by atoms with E-state index in [0.29, 0.717) is 5.23 Å². The highest BCUT2D eigenvalue weighted by Crippen LogP contribution is 2.14. The number of benzene rings is 1. The molecule has 17 heavy (non-hydrogen) atoms. The zero-order chi connectivity index (χ0) is 12.3. The molecule has 1 aromatic rings. The largest absolute Gasteiger partial charge is 0.319 e. The molecule has 7 heteroatoms. The van der Waals surface area contributed by atoms with Gasteiger partial charge in [-0.05, 0) is 12.1 Å². The van der Waals surface area contributed by atoms with Crippen molar-refractivity contribution in [3.63, 3.8) is 0 Å². The number of carbonyl (C=O) groups excluding carboxylic acids is 1. The second-order valence-corrected chi connectivity index (χ2v) is 4.66. The van der Waals surface area contributed by atoms with E-state index in [2.05, 4.69) is 4.28 Å². The van der Waals surface area contributed by atoms with E-state index in [1.54, 1.807) is 18.2 Å². The smallest absolute Gasteiger partial charge is 0.265 e. The molecule has 0 N–H and O–H groups in total. The van der Waals surface area contributed by atoms with E-state index in [1.165, 1.54) is 24.3 Å². The lowest BCUT2D eigenvalue weighted by Crippen LogP contribution is -2.34. The van der Waals surface area contributed by atoms with Crippen LogP contribution in [0.1, 0.15) is 0 Å². The molecule has 1 amide bonds. The third-order valence-electron chi connectivity index (χ3n) is 1.93. The van der Waals surface area contributed by atoms with E-state index in [1.807, 2.05) is 0 Å². The zero-order valence-corrected chi connectivity index (χ0v) is 9.46. The highest BCUT2D eigenvalue weighted by atomic mass is 32.2. The van der Waals surface area contributed by atoms with Gasteiger partial charge in [-0.25, -0.2) is 4.84 Å². The molecule has 0 saturated carbocycles. The molecule has 0 radical (unpaired) electrons. The molecule has 1 aromatic carbocycles. The lowest BCUT2D eigenvalue weighted by molar-refractivity contribution is -0.287. The van der Waals surface area contributed by atoms with Crippen LogP contribution in [0.4, 0.5) is 0 Å². The number of hydrogen-bond donors (Lipinski definition) is 0. The van der Waals surface area contributed by atoms with Crippen molar-refractivity contribution < 1.29 is 22.3 Å². The topological polar surface area (TPSA) is 72.9 Å². The zero-order valence-electron chi connectivity index (χ0n) is 8.65. The van der Waals surface area contributed by atoms with Gasteiger partial charge in [-0.1, -0.05) is 29.5 Å². The summed E-state index contributed by atoms with van der Waals surface area (Å²) in [5.41, 5.74) is 0. The molecular formula is C10H9NO5S. The number of carbonyl (C=O) groups is 1. The summed E-state index contributed by atoms with van der Waals surface area (Å²) in [7, 11) is -4.05. The summed E-state index contributed by atoms with van der Waals surface area (Å²) < 4.78 is 28.0. The maximum atomic E-state index is 11.7. The van der Waals surface area contributed by atoms with Crippen molar-refractivity contribution in [2.24, 2.45) is 0 Å². The van der Waals surface area contributed by atoms with Crippen molar-refractivity contribution in [3.05, 3.63) is 42.5 Å². The standard InChI is InChI=1S/C10H9NO5S/c12-10-7-4-8-15-11(10)16-17(13,14)9-5-2-1-3-6-9/h1-7H,8H2. The van der Waals surface area contributed by atoms with Crippen molar-refractivity contribution in [3.8, 4) is 0 Å². The first kappa shape index (κ1) is 11.8. The van der Waals surface area contributed by atoms with Gasteiger partial charge in [0.15, 0.2) is 0 Å². The van der Waals surface area contributed by atoms with Gasteiger partial charge >= 0.3 is 10.1 Å². The average Bonchev–Trinajstić information content (AvgIpc) is 2.33. The van der Waals surface area contributed by atoms with Crippen molar-refractivity contribution in [1.29, 1.82) is 0 Å². The van der Waals surface area contributed by atoms with Gasteiger partial charge in [0.1, 0.15) is 0 Å². The van der Waals surface area contributed by atoms with Crippen LogP contribution < -0.4 is 0 Å². The fourth-order valence-electron chi connectivity index (χ4n) is 1.16. The molecule has 0 unspecified atom stereocenters. The van der Waals surface area contributed by atoms with Crippen LogP contribution in [0.25, 0.3) is 0 Å². The van der Waals surface area contributed by atoms with Crippen molar-refractivity contribution >= 4 is 16.0 Å². The molecule has 0 bridgehead atoms. The van der Waals surface area contributed by atoms with Gasteiger partial charge in [0.05, 0.1) is 11.5 Å². The second kappa shape index (κ2) is 4.66. The molecule has 0 spiro atoms. The van der Waals surface area contributed by atoms with Gasteiger partial charge in [0.2, 0.25) is 0 Å². The predicted octanol–water partition coefficient (Wildman–Crippen LogP) is 0.637. The van der Waals surface area contributed by atoms with Gasteiger partial charge < -0.3 is 0 Å². The predicted molar refractivity (Wildman–Crippen MR) is 56.7 cm³/mol. The number of nitrogens with zero attached hydrogens (tertiary/aromatic N) is 1. The molecule has 0 saturated heterocycles. The molecule has 1 heterocycles. The van der Waals surface area contributed by atoms with E-state index in [-0.39, 0.29) is 11.5 Å². The number of hydroxylamine groups is 2. The Morgan fingerprint density at radius 2 is 1.94 bits per heavy atom. The Labute approximate surface area is 98.1 Å². The van der Waals surface area contributed by atoms with Crippen molar-refractivity contribution in [2.45, 2.75) is 4.90 Å². The SMILES string of the molecule is O=C1C=CCON1OS(=O)(=O)c1ccccc1. The normalized spacial score (nSPS) is 16.2. The fourth-order valence-corrected chi connectivity index (χ4v) is 2.03. The van der Waals surface area contributed by atoms with Crippen LogP contribution in [-0.2, 0) is 24.0 Å². The Balaban J connectivity index is 2.18. The Morgan fingerprint density at radius 1 is 1.24 bits per heavy atom. The molecule has 90 valence electrons. The highest BCUT2D eigenvalue weighted by molar-refractivity contribution is 7.86. The third kappa shape index (κ3) is 2.70. The first-order valence-electron chi connectivity index (χ1n) is 4.73. The molecule has 1 aliphatic heterocycles. The maximum absolute atomic E-state index is 11.7. The van der Waals surface area contributed by atoms with E-state index in [4.69, 9.17) is 4.84 Å². The van der Waals surface area contributed by atoms with E-state index in [0.717, 1.165) is 0 Å². The van der Waals surface area contributed by atoms with Crippen LogP contribution in [0.3, 0.4) is 0 Å². The summed E-state index contributed by atoms with van der Waals surface area (Å²) in [6.45, 7) is 0.0794. The average molecular weight is 255 g/mol. The monoisotopic (exact) mass is 255 g/mol. The molecule has 0 fully saturated rings. The summed E-state index contributed by atoms with van der Waals surface area (Å²) in [5, 5.41) is 0.350. The number of amides is 1. The molecule has 6 nitrogen and oxygen atoms in total. The minimum atomic E-state index is -4.05. The molecule has 0 aliphatic carbocycles. The van der Waals surface area contributed by atoms with Gasteiger partial charge in [0.25, 0.3) is 5.91 Å². The summed E-state index contributed by atoms with van der Waals surface area (Å²) in [6, 6.07) is 7.49. The van der Waals surface area contributed by atoms with Gasteiger partial charge in [-0.2, -0.15) is 8.42 Å². The lowest BCUT2D eigenvalue weighted by Gasteiger charge is -2.20. The first-order chi connectivity index (χ1) is 8.09. The Hall–Kier alpha value is -1.70. The Morgan fingerprint density at radius 3 is 2.59 bits per heavy atom. The Kier molecular flexibility index (Phi) is 3.23. The Bertz CT molecular complexity index is 537. The third-order valence-corrected chi connectivity index (χ3v) is 3.11. The van der Waals surface area contributed by atoms with E-state index < -0.39 is 16.0 Å². The molecule has 1 aliphatic rings. The maximum Gasteiger partial charge on any atom is 0.319 e. The van der Waals surface area contributed by atoms with Crippen LogP contribution in [0, 0.1) is 0 Å². The van der Waals surface area contributed by atoms with Crippen LogP contribution in [0.5, 0.6) is 0 Å². The number of hydrogen-bond acceptors (Lipinski definition) is 5. The van der Waals surface area contributed by atoms with Gasteiger partial charge in [0, 0.05) is 6.08 Å². The first-order valence-corrected chi connectivity index (χ1v) is 6.13. The summed E-state index contributed by atoms with van der Waals surface area (Å²) >= 11 is 0. The minimum absolute atomic E-state index is 0.0500. The summed E-state index contributed by atoms with van der Waals surface area (Å²) in [5.74, 6) is -0.684. The van der Waals surface area contributed by atoms with Crippen molar-refractivity contribution in [2.75, 3.05) is 6.61 Å². The van der Waals surface area contributed by atoms with Crippen molar-refractivity contribution in [1.82, 2.24) is 5.23 Å². The van der Waals surface area contributed by atoms with Crippen LogP contribution in [-0.4, -0.2) is 26.2 Å². The second-order valence-electron chi connectivity index (χ2n) is 3.14. The number of rotatable bonds is 3. The van der Waals surface area contributed by atoms with E-state index in [9.17, 15) is 13.2 Å². The summed E-state index contributed by atoms with van der Waals surface area (Å²) in [4.78, 5) is 15.9. The fraction of sp³-hybridized carbons (Fsp3) is 0.100. The quantitative estimate of drug-likeness (QED) is 0.792. The molecule has 0 aromatic heterocycles. The molecule has 0 atom stereocenters. The van der Waals surface area contributed by atoms with Gasteiger partial charge in [-0.3, -0.25) is 4.79 Å². The van der Waals surface area contributed by atoms with Crippen LogP contribution in [0.15, 0.2) is 47.4 Å². The van der Waals surface area contributed by atoms with Crippen LogP contribution in [0.2, 0.25) is 0 Å².